The number of hydrogen-bond donors (Lipinski definition) is 0. The summed E-state index contributed by atoms with van der Waals surface area (Å²) in [7, 11) is 0. The van der Waals surface area contributed by atoms with Gasteiger partial charge in [-0.3, -0.25) is 0 Å². The predicted octanol–water partition coefficient (Wildman–Crippen LogP) is 3.99. The first-order valence-electron chi connectivity index (χ1n) is 7.52. The molecule has 0 aliphatic carbocycles. The molecule has 0 aromatic heterocycles. The van der Waals surface area contributed by atoms with Crippen molar-refractivity contribution >= 4 is 9.04 Å². The third-order valence-electron chi connectivity index (χ3n) is 3.23. The van der Waals surface area contributed by atoms with Gasteiger partial charge in [0.05, 0.1) is 0 Å². The molecule has 0 unspecified atom stereocenters. The zero-order chi connectivity index (χ0) is 13.8. The molecular weight excluding hydrogens is 425 g/mol. The van der Waals surface area contributed by atoms with Crippen LogP contribution in [0.2, 0.25) is 0 Å². The van der Waals surface area contributed by atoms with Gasteiger partial charge in [-0.15, -0.1) is 0 Å². The molecule has 1 aromatic rings. The van der Waals surface area contributed by atoms with Crippen molar-refractivity contribution in [3.8, 4) is 0 Å². The van der Waals surface area contributed by atoms with Gasteiger partial charge in [0, 0.05) is 0 Å². The fraction of sp³-hybridized carbons (Fsp3) is 0.562. The number of carbonyl (C=O) groups excluding carboxylic acids is 1. The van der Waals surface area contributed by atoms with E-state index in [2.05, 4.69) is 19.1 Å². The second-order valence-electron chi connectivity index (χ2n) is 5.02. The number of unbranched alkanes of at least 4 members (excludes halogenated alkanes) is 6. The quantitative estimate of drug-likeness (QED) is 0.399. The molecule has 0 radical (unpaired) electrons. The molecule has 0 saturated heterocycles. The molecule has 2 nitrogen and oxygen atoms in total. The number of carbonyl (C=O) groups is 1. The van der Waals surface area contributed by atoms with Crippen LogP contribution in [0.1, 0.15) is 58.3 Å². The molecule has 3 heteroatoms. The minimum absolute atomic E-state index is 0.0269. The maximum absolute atomic E-state index is 11.6. The number of benzene rings is 1. The Balaban J connectivity index is 1.96. The Morgan fingerprint density at radius 1 is 1.00 bits per heavy atom. The van der Waals surface area contributed by atoms with Crippen LogP contribution in [-0.2, 0) is 32.5 Å². The number of rotatable bonds is 10. The Bertz CT molecular complexity index is 338. The SMILES string of the molecule is CCCCCCCCCC(=O)[O][Hg][c]1ccccc1. The first-order valence-corrected chi connectivity index (χ1v) is 12.5. The van der Waals surface area contributed by atoms with E-state index in [0.717, 1.165) is 6.42 Å². The van der Waals surface area contributed by atoms with Crippen molar-refractivity contribution in [2.24, 2.45) is 0 Å². The van der Waals surface area contributed by atoms with E-state index in [1.807, 2.05) is 18.2 Å². The summed E-state index contributed by atoms with van der Waals surface area (Å²) in [6.45, 7) is 2.23. The average molecular weight is 449 g/mol. The summed E-state index contributed by atoms with van der Waals surface area (Å²) in [6.07, 6.45) is 9.32. The summed E-state index contributed by atoms with van der Waals surface area (Å²) in [5.41, 5.74) is 0. The van der Waals surface area contributed by atoms with Crippen LogP contribution >= 0.6 is 0 Å². The van der Waals surface area contributed by atoms with Crippen molar-refractivity contribution in [3.63, 3.8) is 0 Å². The topological polar surface area (TPSA) is 26.3 Å². The van der Waals surface area contributed by atoms with E-state index in [0.29, 0.717) is 6.42 Å². The number of hydrogen-bond acceptors (Lipinski definition) is 2. The fourth-order valence-corrected chi connectivity index (χ4v) is 5.68. The van der Waals surface area contributed by atoms with Crippen LogP contribution in [0.3, 0.4) is 0 Å². The van der Waals surface area contributed by atoms with Crippen LogP contribution in [0.4, 0.5) is 0 Å². The minimum atomic E-state index is -1.61. The van der Waals surface area contributed by atoms with Crippen LogP contribution in [0.5, 0.6) is 0 Å². The first kappa shape index (κ1) is 16.7. The van der Waals surface area contributed by atoms with Crippen LogP contribution in [-0.4, -0.2) is 5.97 Å². The molecule has 0 N–H and O–H groups in total. The Morgan fingerprint density at radius 3 is 2.32 bits per heavy atom. The van der Waals surface area contributed by atoms with Crippen molar-refractivity contribution in [2.75, 3.05) is 0 Å². The molecule has 0 spiro atoms. The Hall–Kier alpha value is -0.375. The molecule has 0 aliphatic rings. The normalized spacial score (nSPS) is 9.95. The summed E-state index contributed by atoms with van der Waals surface area (Å²) in [4.78, 5) is 11.6. The maximum atomic E-state index is 11.6. The van der Waals surface area contributed by atoms with E-state index in [9.17, 15) is 4.79 Å². The van der Waals surface area contributed by atoms with E-state index in [4.69, 9.17) is 2.64 Å². The predicted molar refractivity (Wildman–Crippen MR) is 74.8 cm³/mol. The molecular formula is C16H24HgO2. The zero-order valence-electron chi connectivity index (χ0n) is 12.1. The monoisotopic (exact) mass is 450 g/mol. The zero-order valence-corrected chi connectivity index (χ0v) is 17.6. The Morgan fingerprint density at radius 2 is 1.63 bits per heavy atom. The van der Waals surface area contributed by atoms with Crippen LogP contribution in [0, 0.1) is 0 Å². The summed E-state index contributed by atoms with van der Waals surface area (Å²) in [5.74, 6) is 0.0269. The van der Waals surface area contributed by atoms with E-state index in [1.165, 1.54) is 41.6 Å². The summed E-state index contributed by atoms with van der Waals surface area (Å²) in [6, 6.07) is 10.2. The summed E-state index contributed by atoms with van der Waals surface area (Å²) < 4.78 is 6.73. The van der Waals surface area contributed by atoms with Crippen molar-refractivity contribution in [3.05, 3.63) is 30.3 Å². The molecule has 0 saturated carbocycles. The molecule has 1 aromatic carbocycles. The molecule has 102 valence electrons. The fourth-order valence-electron chi connectivity index (χ4n) is 2.04. The van der Waals surface area contributed by atoms with Gasteiger partial charge >= 0.3 is 130 Å². The molecule has 19 heavy (non-hydrogen) atoms. The standard InChI is InChI=1S/C10H20O2.C6H5.Hg/c1-2-3-4-5-6-7-8-9-10(11)12;1-2-4-6-5-3-1;/h2-9H2,1H3,(H,11,12);1-5H;/q;;+1/p-1. The van der Waals surface area contributed by atoms with Gasteiger partial charge in [0.15, 0.2) is 0 Å². The van der Waals surface area contributed by atoms with Crippen molar-refractivity contribution in [1.29, 1.82) is 0 Å². The first-order chi connectivity index (χ1) is 9.33. The Labute approximate surface area is 130 Å². The van der Waals surface area contributed by atoms with E-state index in [-0.39, 0.29) is 5.97 Å². The van der Waals surface area contributed by atoms with Crippen molar-refractivity contribution in [1.82, 2.24) is 0 Å². The van der Waals surface area contributed by atoms with Crippen molar-refractivity contribution < 1.29 is 32.5 Å². The van der Waals surface area contributed by atoms with Crippen LogP contribution in [0.25, 0.3) is 0 Å². The second kappa shape index (κ2) is 11.5. The summed E-state index contributed by atoms with van der Waals surface area (Å²) in [5, 5.41) is 0. The molecule has 0 atom stereocenters. The molecule has 0 amide bonds. The molecule has 0 heterocycles. The van der Waals surface area contributed by atoms with Gasteiger partial charge in [0.1, 0.15) is 0 Å². The summed E-state index contributed by atoms with van der Waals surface area (Å²) >= 11 is -1.61. The molecule has 0 fully saturated rings. The van der Waals surface area contributed by atoms with Gasteiger partial charge < -0.3 is 0 Å². The van der Waals surface area contributed by atoms with Gasteiger partial charge in [-0.25, -0.2) is 0 Å². The second-order valence-corrected chi connectivity index (χ2v) is 10.4. The van der Waals surface area contributed by atoms with Crippen LogP contribution < -0.4 is 3.07 Å². The van der Waals surface area contributed by atoms with E-state index < -0.39 is 25.0 Å². The van der Waals surface area contributed by atoms with Crippen molar-refractivity contribution in [2.45, 2.75) is 58.3 Å². The molecule has 0 aliphatic heterocycles. The van der Waals surface area contributed by atoms with E-state index in [1.54, 1.807) is 0 Å². The van der Waals surface area contributed by atoms with Gasteiger partial charge in [0.25, 0.3) is 0 Å². The van der Waals surface area contributed by atoms with Gasteiger partial charge in [0.2, 0.25) is 0 Å². The van der Waals surface area contributed by atoms with Gasteiger partial charge in [-0.2, -0.15) is 0 Å². The Kier molecular flexibility index (Phi) is 10.1. The molecule has 0 bridgehead atoms. The van der Waals surface area contributed by atoms with E-state index >= 15 is 0 Å². The van der Waals surface area contributed by atoms with Gasteiger partial charge in [-0.05, 0) is 0 Å². The third kappa shape index (κ3) is 9.20. The van der Waals surface area contributed by atoms with Crippen LogP contribution in [0.15, 0.2) is 30.3 Å². The van der Waals surface area contributed by atoms with Gasteiger partial charge in [-0.1, -0.05) is 0 Å². The average Bonchev–Trinajstić information content (AvgIpc) is 2.45. The molecule has 1 rings (SSSR count). The third-order valence-corrected chi connectivity index (χ3v) is 8.17.